The van der Waals surface area contributed by atoms with Gasteiger partial charge in [-0.15, -0.1) is 0 Å². The smallest absolute Gasteiger partial charge is 0.245 e. The summed E-state index contributed by atoms with van der Waals surface area (Å²) in [7, 11) is 0. The SMILES string of the molecule is CCNC(N)=NCC[C@H](NC(=O)[C@H](Cc1ccccc1)NC(=O)[C@H](CO)NC(=O)[C@H](Cc1ccccc1)NC(=O)CNC(=O)CN)C(=O)N[C@@H](Cc1ccccc1)C(N)=O. The second-order valence-corrected chi connectivity index (χ2v) is 13.6. The Morgan fingerprint density at radius 2 is 0.983 bits per heavy atom. The topological polar surface area (TPSA) is 314 Å². The number of carbonyl (C=O) groups excluding carboxylic acids is 7. The number of nitrogens with zero attached hydrogens (tertiary/aromatic N) is 1. The van der Waals surface area contributed by atoms with Crippen molar-refractivity contribution in [1.29, 1.82) is 0 Å². The molecule has 322 valence electrons. The molecule has 0 fully saturated rings. The molecule has 19 heteroatoms. The third kappa shape index (κ3) is 16.9. The van der Waals surface area contributed by atoms with E-state index in [0.29, 0.717) is 17.7 Å². The molecule has 3 aromatic carbocycles. The summed E-state index contributed by atoms with van der Waals surface area (Å²) < 4.78 is 0. The highest BCUT2D eigenvalue weighted by molar-refractivity contribution is 5.97. The van der Waals surface area contributed by atoms with Gasteiger partial charge in [-0.25, -0.2) is 0 Å². The number of aliphatic hydroxyl groups excluding tert-OH is 1. The van der Waals surface area contributed by atoms with Gasteiger partial charge in [-0.3, -0.25) is 38.6 Å². The predicted molar refractivity (Wildman–Crippen MR) is 223 cm³/mol. The van der Waals surface area contributed by atoms with E-state index in [9.17, 15) is 38.7 Å². The van der Waals surface area contributed by atoms with E-state index in [0.717, 1.165) is 5.56 Å². The summed E-state index contributed by atoms with van der Waals surface area (Å²) >= 11 is 0. The summed E-state index contributed by atoms with van der Waals surface area (Å²) in [6, 6.07) is 19.5. The number of primary amides is 1. The molecule has 3 aromatic rings. The number of rotatable bonds is 24. The van der Waals surface area contributed by atoms with E-state index in [1.54, 1.807) is 91.0 Å². The van der Waals surface area contributed by atoms with E-state index in [1.165, 1.54) is 0 Å². The van der Waals surface area contributed by atoms with Crippen LogP contribution in [0.3, 0.4) is 0 Å². The number of hydrogen-bond acceptors (Lipinski definition) is 10. The Bertz CT molecular complexity index is 1900. The quantitative estimate of drug-likeness (QED) is 0.0320. The Hall–Kier alpha value is -6.86. The first kappa shape index (κ1) is 47.5. The lowest BCUT2D eigenvalue weighted by atomic mass is 10.0. The Morgan fingerprint density at radius 3 is 1.45 bits per heavy atom. The molecule has 0 heterocycles. The molecule has 60 heavy (non-hydrogen) atoms. The van der Waals surface area contributed by atoms with Crippen LogP contribution >= 0.6 is 0 Å². The zero-order valence-electron chi connectivity index (χ0n) is 33.4. The molecule has 3 rings (SSSR count). The van der Waals surface area contributed by atoms with Crippen LogP contribution in [0.15, 0.2) is 96.0 Å². The summed E-state index contributed by atoms with van der Waals surface area (Å²) in [6.07, 6.45) is -0.0941. The minimum atomic E-state index is -1.60. The first-order valence-electron chi connectivity index (χ1n) is 19.4. The second-order valence-electron chi connectivity index (χ2n) is 13.6. The summed E-state index contributed by atoms with van der Waals surface area (Å²) in [5.41, 5.74) is 18.8. The maximum atomic E-state index is 14.1. The lowest BCUT2D eigenvalue weighted by molar-refractivity contribution is -0.135. The zero-order chi connectivity index (χ0) is 43.9. The van der Waals surface area contributed by atoms with Gasteiger partial charge in [0.25, 0.3) is 0 Å². The summed E-state index contributed by atoms with van der Waals surface area (Å²) in [5.74, 6) is -5.36. The summed E-state index contributed by atoms with van der Waals surface area (Å²) in [6.45, 7) is 0.560. The van der Waals surface area contributed by atoms with Crippen molar-refractivity contribution < 1.29 is 38.7 Å². The van der Waals surface area contributed by atoms with E-state index >= 15 is 0 Å². The monoisotopic (exact) mass is 829 g/mol. The fourth-order valence-corrected chi connectivity index (χ4v) is 5.79. The van der Waals surface area contributed by atoms with Crippen molar-refractivity contribution in [3.8, 4) is 0 Å². The first-order chi connectivity index (χ1) is 28.8. The van der Waals surface area contributed by atoms with Gasteiger partial charge in [-0.1, -0.05) is 91.0 Å². The standard InChI is InChI=1S/C41H55N11O8/c1-2-45-41(44)46-19-18-29(37(57)50-30(36(43)56)20-26-12-6-3-7-13-26)49-39(59)32(22-28-16-10-5-11-17-28)51-40(60)33(25-53)52-38(58)31(21-27-14-8-4-9-15-27)48-35(55)24-47-34(54)23-42/h3-17,29-33,53H,2,18-25,42H2,1H3,(H2,43,56)(H,47,54)(H,48,55)(H,49,59)(H,50,57)(H,51,60)(H,52,58)(H3,44,45,46)/t29-,30-,31-,32-,33-/m0/s1. The van der Waals surface area contributed by atoms with Crippen LogP contribution in [-0.2, 0) is 52.8 Å². The molecule has 0 aromatic heterocycles. The normalized spacial score (nSPS) is 13.6. The number of amides is 7. The molecule has 0 saturated carbocycles. The largest absolute Gasteiger partial charge is 0.394 e. The van der Waals surface area contributed by atoms with Gasteiger partial charge in [0.1, 0.15) is 30.2 Å². The van der Waals surface area contributed by atoms with Crippen molar-refractivity contribution in [3.63, 3.8) is 0 Å². The lowest BCUT2D eigenvalue weighted by Gasteiger charge is -2.26. The molecule has 5 atom stereocenters. The molecule has 0 bridgehead atoms. The Balaban J connectivity index is 1.85. The van der Waals surface area contributed by atoms with Crippen molar-refractivity contribution in [3.05, 3.63) is 108 Å². The highest BCUT2D eigenvalue weighted by atomic mass is 16.3. The molecule has 0 radical (unpaired) electrons. The molecule has 7 amide bonds. The third-order valence-electron chi connectivity index (χ3n) is 8.93. The Labute approximate surface area is 348 Å². The molecule has 0 unspecified atom stereocenters. The highest BCUT2D eigenvalue weighted by Crippen LogP contribution is 2.09. The fourth-order valence-electron chi connectivity index (χ4n) is 5.79. The van der Waals surface area contributed by atoms with Crippen LogP contribution in [-0.4, -0.2) is 115 Å². The molecule has 14 N–H and O–H groups in total. The lowest BCUT2D eigenvalue weighted by Crippen LogP contribution is -2.60. The van der Waals surface area contributed by atoms with Gasteiger partial charge in [0, 0.05) is 32.4 Å². The van der Waals surface area contributed by atoms with Crippen molar-refractivity contribution >= 4 is 47.3 Å². The van der Waals surface area contributed by atoms with E-state index in [4.69, 9.17) is 17.2 Å². The molecule has 19 nitrogen and oxygen atoms in total. The minimum Gasteiger partial charge on any atom is -0.394 e. The van der Waals surface area contributed by atoms with Gasteiger partial charge in [0.05, 0.1) is 19.7 Å². The van der Waals surface area contributed by atoms with Crippen molar-refractivity contribution in [2.24, 2.45) is 22.2 Å². The Morgan fingerprint density at radius 1 is 0.567 bits per heavy atom. The van der Waals surface area contributed by atoms with Gasteiger partial charge in [-0.2, -0.15) is 0 Å². The maximum absolute atomic E-state index is 14.1. The average molecular weight is 830 g/mol. The summed E-state index contributed by atoms with van der Waals surface area (Å²) in [5, 5.41) is 28.3. The molecule has 0 saturated heterocycles. The third-order valence-corrected chi connectivity index (χ3v) is 8.93. The van der Waals surface area contributed by atoms with Crippen LogP contribution in [0.1, 0.15) is 30.0 Å². The highest BCUT2D eigenvalue weighted by Gasteiger charge is 2.32. The number of nitrogens with one attached hydrogen (secondary N) is 7. The number of benzene rings is 3. The number of hydrogen-bond donors (Lipinski definition) is 11. The molecular formula is C41H55N11O8. The fraction of sp³-hybridized carbons (Fsp3) is 0.366. The van der Waals surface area contributed by atoms with Gasteiger partial charge in [-0.05, 0) is 30.0 Å². The molecule has 0 aliphatic heterocycles. The van der Waals surface area contributed by atoms with Gasteiger partial charge in [0.15, 0.2) is 5.96 Å². The predicted octanol–water partition coefficient (Wildman–Crippen LogP) is -2.99. The first-order valence-corrected chi connectivity index (χ1v) is 19.4. The number of guanidine groups is 1. The van der Waals surface area contributed by atoms with E-state index in [-0.39, 0.29) is 44.7 Å². The molecule has 0 aliphatic rings. The average Bonchev–Trinajstić information content (AvgIpc) is 3.24. The summed E-state index contributed by atoms with van der Waals surface area (Å²) in [4.78, 5) is 96.2. The second kappa shape index (κ2) is 25.5. The van der Waals surface area contributed by atoms with Crippen molar-refractivity contribution in [1.82, 2.24) is 37.2 Å². The number of carbonyl (C=O) groups is 7. The van der Waals surface area contributed by atoms with Crippen LogP contribution in [0.25, 0.3) is 0 Å². The van der Waals surface area contributed by atoms with Gasteiger partial charge in [0.2, 0.25) is 41.4 Å². The van der Waals surface area contributed by atoms with Gasteiger partial charge >= 0.3 is 0 Å². The van der Waals surface area contributed by atoms with Gasteiger partial charge < -0.3 is 59.5 Å². The number of aliphatic imine (C=N–C) groups is 1. The minimum absolute atomic E-state index is 0.0162. The molecule has 0 spiro atoms. The Kier molecular flexibility index (Phi) is 20.2. The van der Waals surface area contributed by atoms with E-state index < -0.39 is 84.7 Å². The maximum Gasteiger partial charge on any atom is 0.245 e. The van der Waals surface area contributed by atoms with E-state index in [1.807, 2.05) is 6.92 Å². The van der Waals surface area contributed by atoms with Crippen LogP contribution in [0.5, 0.6) is 0 Å². The molecular weight excluding hydrogens is 775 g/mol. The van der Waals surface area contributed by atoms with Crippen LogP contribution in [0.4, 0.5) is 0 Å². The van der Waals surface area contributed by atoms with Crippen LogP contribution in [0.2, 0.25) is 0 Å². The van der Waals surface area contributed by atoms with Crippen LogP contribution < -0.4 is 54.4 Å². The number of aliphatic hydroxyl groups is 1. The molecule has 0 aliphatic carbocycles. The van der Waals surface area contributed by atoms with Crippen molar-refractivity contribution in [2.75, 3.05) is 32.8 Å². The number of nitrogens with two attached hydrogens (primary N) is 3. The zero-order valence-corrected chi connectivity index (χ0v) is 33.4. The van der Waals surface area contributed by atoms with Crippen LogP contribution in [0, 0.1) is 0 Å². The van der Waals surface area contributed by atoms with E-state index in [2.05, 4.69) is 42.2 Å². The van der Waals surface area contributed by atoms with Crippen molar-refractivity contribution in [2.45, 2.75) is 62.8 Å².